The van der Waals surface area contributed by atoms with Gasteiger partial charge in [0.1, 0.15) is 24.7 Å². The van der Waals surface area contributed by atoms with Crippen molar-refractivity contribution in [3.05, 3.63) is 82.4 Å². The second-order valence-corrected chi connectivity index (χ2v) is 8.62. The molecule has 5 nitrogen and oxygen atoms in total. The van der Waals surface area contributed by atoms with Crippen molar-refractivity contribution >= 4 is 5.97 Å². The first kappa shape index (κ1) is 25.3. The van der Waals surface area contributed by atoms with Crippen LogP contribution in [0.4, 0.5) is 0 Å². The molecule has 0 fully saturated rings. The molecule has 0 heterocycles. The summed E-state index contributed by atoms with van der Waals surface area (Å²) in [6, 6.07) is 18.5. The third kappa shape index (κ3) is 6.61. The molecule has 3 rings (SSSR count). The Bertz CT molecular complexity index is 1090. The number of carbonyl (C=O) groups is 1. The molecule has 0 spiro atoms. The van der Waals surface area contributed by atoms with Crippen LogP contribution in [-0.2, 0) is 20.9 Å². The second-order valence-electron chi connectivity index (χ2n) is 8.62. The third-order valence-corrected chi connectivity index (χ3v) is 5.76. The van der Waals surface area contributed by atoms with Crippen LogP contribution in [0, 0.1) is 27.7 Å². The van der Waals surface area contributed by atoms with Crippen molar-refractivity contribution in [3.63, 3.8) is 0 Å². The molecule has 1 atom stereocenters. The Morgan fingerprint density at radius 3 is 2.15 bits per heavy atom. The first-order chi connectivity index (χ1) is 16.3. The predicted molar refractivity (Wildman–Crippen MR) is 135 cm³/mol. The van der Waals surface area contributed by atoms with Crippen LogP contribution in [-0.4, -0.2) is 32.4 Å². The molecule has 0 saturated carbocycles. The summed E-state index contributed by atoms with van der Waals surface area (Å²) < 4.78 is 22.4. The van der Waals surface area contributed by atoms with Gasteiger partial charge in [-0.3, -0.25) is 4.79 Å². The summed E-state index contributed by atoms with van der Waals surface area (Å²) in [6.45, 7) is 10.8. The zero-order valence-electron chi connectivity index (χ0n) is 20.9. The van der Waals surface area contributed by atoms with E-state index < -0.39 is 6.10 Å². The molecule has 3 aromatic rings. The molecule has 0 aliphatic heterocycles. The van der Waals surface area contributed by atoms with Gasteiger partial charge in [-0.1, -0.05) is 35.9 Å². The largest absolute Gasteiger partial charge is 0.490 e. The zero-order valence-corrected chi connectivity index (χ0v) is 20.9. The van der Waals surface area contributed by atoms with E-state index in [9.17, 15) is 4.79 Å². The maximum Gasteiger partial charge on any atom is 0.303 e. The molecule has 0 aliphatic carbocycles. The van der Waals surface area contributed by atoms with E-state index in [1.54, 1.807) is 7.11 Å². The Labute approximate surface area is 202 Å². The molecule has 34 heavy (non-hydrogen) atoms. The number of rotatable bonds is 10. The van der Waals surface area contributed by atoms with Gasteiger partial charge in [0.15, 0.2) is 6.10 Å². The lowest BCUT2D eigenvalue weighted by Crippen LogP contribution is -2.28. The van der Waals surface area contributed by atoms with Crippen LogP contribution in [0.5, 0.6) is 11.5 Å². The van der Waals surface area contributed by atoms with Gasteiger partial charge in [-0.15, -0.1) is 0 Å². The van der Waals surface area contributed by atoms with Crippen molar-refractivity contribution < 1.29 is 23.7 Å². The average Bonchev–Trinajstić information content (AvgIpc) is 2.78. The molecule has 3 aromatic carbocycles. The van der Waals surface area contributed by atoms with Crippen LogP contribution >= 0.6 is 0 Å². The molecule has 0 radical (unpaired) electrons. The zero-order chi connectivity index (χ0) is 24.7. The molecule has 0 amide bonds. The number of methoxy groups -OCH3 is 1. The second kappa shape index (κ2) is 11.7. The van der Waals surface area contributed by atoms with Gasteiger partial charge in [-0.05, 0) is 85.3 Å². The number of benzene rings is 3. The summed E-state index contributed by atoms with van der Waals surface area (Å²) in [6.07, 6.45) is -0.449. The van der Waals surface area contributed by atoms with Gasteiger partial charge >= 0.3 is 5.97 Å². The Hall–Kier alpha value is -3.31. The van der Waals surface area contributed by atoms with Crippen LogP contribution in [0.3, 0.4) is 0 Å². The monoisotopic (exact) mass is 462 g/mol. The highest BCUT2D eigenvalue weighted by atomic mass is 16.6. The van der Waals surface area contributed by atoms with E-state index in [-0.39, 0.29) is 19.2 Å². The number of aryl methyl sites for hydroxylation is 3. The minimum Gasteiger partial charge on any atom is -0.490 e. The topological polar surface area (TPSA) is 54.0 Å². The first-order valence-electron chi connectivity index (χ1n) is 11.5. The maximum absolute atomic E-state index is 11.3. The van der Waals surface area contributed by atoms with Crippen LogP contribution in [0.1, 0.15) is 34.7 Å². The van der Waals surface area contributed by atoms with Crippen molar-refractivity contribution in [2.45, 2.75) is 47.3 Å². The lowest BCUT2D eigenvalue weighted by molar-refractivity contribution is -0.150. The van der Waals surface area contributed by atoms with Crippen LogP contribution < -0.4 is 9.47 Å². The van der Waals surface area contributed by atoms with Crippen molar-refractivity contribution in [1.29, 1.82) is 0 Å². The molecule has 180 valence electrons. The summed E-state index contributed by atoms with van der Waals surface area (Å²) in [7, 11) is 1.57. The Morgan fingerprint density at radius 1 is 0.853 bits per heavy atom. The smallest absolute Gasteiger partial charge is 0.303 e. The lowest BCUT2D eigenvalue weighted by Gasteiger charge is -2.20. The van der Waals surface area contributed by atoms with E-state index in [2.05, 4.69) is 58.0 Å². The minimum absolute atomic E-state index is 0.233. The predicted octanol–water partition coefficient (Wildman–Crippen LogP) is 6.12. The van der Waals surface area contributed by atoms with Crippen LogP contribution in [0.25, 0.3) is 11.1 Å². The van der Waals surface area contributed by atoms with Crippen molar-refractivity contribution in [1.82, 2.24) is 0 Å². The number of ether oxygens (including phenoxy) is 4. The summed E-state index contributed by atoms with van der Waals surface area (Å²) in [5.41, 5.74) is 8.17. The average molecular weight is 463 g/mol. The molecular weight excluding hydrogens is 428 g/mol. The maximum atomic E-state index is 11.3. The number of hydrogen-bond acceptors (Lipinski definition) is 5. The fourth-order valence-electron chi connectivity index (χ4n) is 4.06. The summed E-state index contributed by atoms with van der Waals surface area (Å²) >= 11 is 0. The van der Waals surface area contributed by atoms with Gasteiger partial charge in [0.05, 0.1) is 6.61 Å². The highest BCUT2D eigenvalue weighted by Gasteiger charge is 2.16. The van der Waals surface area contributed by atoms with Crippen LogP contribution in [0.15, 0.2) is 54.6 Å². The highest BCUT2D eigenvalue weighted by molar-refractivity contribution is 5.75. The van der Waals surface area contributed by atoms with E-state index in [0.717, 1.165) is 28.2 Å². The van der Waals surface area contributed by atoms with E-state index in [0.29, 0.717) is 6.61 Å². The standard InChI is InChI=1S/C29H34O5/c1-19-10-12-25(13-11-19)32-16-24-8-7-9-28(22(24)4)29-20(2)14-26(15-21(29)3)33-18-27(17-31-6)34-23(5)30/h7-15,27H,16-18H2,1-6H3/t27-/m1/s1. The van der Waals surface area contributed by atoms with E-state index in [4.69, 9.17) is 18.9 Å². The molecular formula is C29H34O5. The van der Waals surface area contributed by atoms with Crippen molar-refractivity contribution in [3.8, 4) is 22.6 Å². The minimum atomic E-state index is -0.449. The van der Waals surface area contributed by atoms with Gasteiger partial charge in [0.2, 0.25) is 0 Å². The van der Waals surface area contributed by atoms with Gasteiger partial charge in [-0.25, -0.2) is 0 Å². The lowest BCUT2D eigenvalue weighted by atomic mass is 9.90. The molecule has 0 unspecified atom stereocenters. The SMILES string of the molecule is COC[C@H](COc1cc(C)c(-c2cccc(COc3ccc(C)cc3)c2C)c(C)c1)OC(C)=O. The van der Waals surface area contributed by atoms with Crippen LogP contribution in [0.2, 0.25) is 0 Å². The fourth-order valence-corrected chi connectivity index (χ4v) is 4.06. The molecule has 0 aliphatic rings. The Balaban J connectivity index is 1.78. The van der Waals surface area contributed by atoms with E-state index in [1.807, 2.05) is 24.3 Å². The summed E-state index contributed by atoms with van der Waals surface area (Å²) in [4.78, 5) is 11.3. The molecule has 0 aromatic heterocycles. The first-order valence-corrected chi connectivity index (χ1v) is 11.5. The summed E-state index contributed by atoms with van der Waals surface area (Å²) in [5, 5.41) is 0. The number of carbonyl (C=O) groups excluding carboxylic acids is 1. The molecule has 0 bridgehead atoms. The Kier molecular flexibility index (Phi) is 8.72. The van der Waals surface area contributed by atoms with Crippen molar-refractivity contribution in [2.75, 3.05) is 20.3 Å². The van der Waals surface area contributed by atoms with Gasteiger partial charge < -0.3 is 18.9 Å². The fraction of sp³-hybridized carbons (Fsp3) is 0.345. The molecule has 0 saturated heterocycles. The third-order valence-electron chi connectivity index (χ3n) is 5.76. The molecule has 0 N–H and O–H groups in total. The number of esters is 1. The quantitative estimate of drug-likeness (QED) is 0.340. The highest BCUT2D eigenvalue weighted by Crippen LogP contribution is 2.34. The normalized spacial score (nSPS) is 11.7. The van der Waals surface area contributed by atoms with Gasteiger partial charge in [0.25, 0.3) is 0 Å². The molecule has 5 heteroatoms. The van der Waals surface area contributed by atoms with Crippen molar-refractivity contribution in [2.24, 2.45) is 0 Å². The van der Waals surface area contributed by atoms with E-state index >= 15 is 0 Å². The van der Waals surface area contributed by atoms with Gasteiger partial charge in [-0.2, -0.15) is 0 Å². The van der Waals surface area contributed by atoms with E-state index in [1.165, 1.54) is 29.2 Å². The Morgan fingerprint density at radius 2 is 1.53 bits per heavy atom. The summed E-state index contributed by atoms with van der Waals surface area (Å²) in [5.74, 6) is 1.25. The number of hydrogen-bond donors (Lipinski definition) is 0. The van der Waals surface area contributed by atoms with Gasteiger partial charge in [0, 0.05) is 14.0 Å².